The summed E-state index contributed by atoms with van der Waals surface area (Å²) in [4.78, 5) is 11.5. The maximum atomic E-state index is 4.47. The summed E-state index contributed by atoms with van der Waals surface area (Å²) in [6.07, 6.45) is 7.65. The molecule has 0 fully saturated rings. The topological polar surface area (TPSA) is 38.9 Å². The van der Waals surface area contributed by atoms with E-state index in [9.17, 15) is 0 Å². The molecule has 5 nitrogen and oxygen atoms in total. The van der Waals surface area contributed by atoms with Gasteiger partial charge in [0.1, 0.15) is 0 Å². The Morgan fingerprint density at radius 3 is 1.43 bits per heavy atom. The normalized spacial score (nSPS) is 13.6. The molecule has 0 amide bonds. The number of nitrogens with zero attached hydrogens (tertiary/aromatic N) is 5. The minimum atomic E-state index is -0.0998. The average molecular weight is 962 g/mol. The van der Waals surface area contributed by atoms with E-state index < -0.39 is 0 Å². The number of hydrogen-bond donors (Lipinski definition) is 0. The van der Waals surface area contributed by atoms with Gasteiger partial charge in [0.25, 0.3) is 6.71 Å². The Hall–Kier alpha value is -7.70. The average Bonchev–Trinajstić information content (AvgIpc) is 3.90. The van der Waals surface area contributed by atoms with E-state index >= 15 is 0 Å². The van der Waals surface area contributed by atoms with E-state index in [4.69, 9.17) is 0 Å². The van der Waals surface area contributed by atoms with Crippen molar-refractivity contribution in [2.24, 2.45) is 0 Å². The first-order valence-electron chi connectivity index (χ1n) is 26.5. The van der Waals surface area contributed by atoms with Crippen LogP contribution in [-0.4, -0.2) is 25.8 Å². The van der Waals surface area contributed by atoms with Crippen LogP contribution in [0.1, 0.15) is 105 Å². The van der Waals surface area contributed by atoms with Crippen molar-refractivity contribution in [2.75, 3.05) is 4.90 Å². The van der Waals surface area contributed by atoms with Gasteiger partial charge in [0.2, 0.25) is 0 Å². The first-order valence-corrected chi connectivity index (χ1v) is 26.5. The summed E-state index contributed by atoms with van der Waals surface area (Å²) < 4.78 is 5.22. The highest BCUT2D eigenvalue weighted by Crippen LogP contribution is 2.47. The maximum Gasteiger partial charge on any atom is 0.252 e. The summed E-state index contributed by atoms with van der Waals surface area (Å²) in [5.74, 6) is 0. The number of rotatable bonds is 4. The Bertz CT molecular complexity index is 4020. The van der Waals surface area contributed by atoms with E-state index in [1.807, 2.05) is 24.8 Å². The second-order valence-electron chi connectivity index (χ2n) is 25.3. The zero-order chi connectivity index (χ0) is 51.4. The number of anilines is 3. The van der Waals surface area contributed by atoms with Gasteiger partial charge in [-0.1, -0.05) is 144 Å². The maximum absolute atomic E-state index is 4.47. The zero-order valence-corrected chi connectivity index (χ0v) is 45.0. The van der Waals surface area contributed by atoms with E-state index in [2.05, 4.69) is 253 Å². The summed E-state index contributed by atoms with van der Waals surface area (Å²) in [6, 6.07) is 56.7. The van der Waals surface area contributed by atoms with Gasteiger partial charge in [-0.15, -0.1) is 0 Å². The molecule has 13 rings (SSSR count). The third kappa shape index (κ3) is 7.12. The van der Waals surface area contributed by atoms with E-state index in [1.54, 1.807) is 0 Å². The van der Waals surface area contributed by atoms with Gasteiger partial charge < -0.3 is 14.0 Å². The lowest BCUT2D eigenvalue weighted by Gasteiger charge is -2.41. The Balaban J connectivity index is 1.22. The second-order valence-corrected chi connectivity index (χ2v) is 25.3. The molecule has 2 aliphatic heterocycles. The van der Waals surface area contributed by atoms with Gasteiger partial charge in [0.05, 0.1) is 22.2 Å². The van der Waals surface area contributed by atoms with Crippen LogP contribution in [0.5, 0.6) is 0 Å². The summed E-state index contributed by atoms with van der Waals surface area (Å²) >= 11 is 0. The number of pyridine rings is 2. The van der Waals surface area contributed by atoms with Crippen molar-refractivity contribution >= 4 is 83.8 Å². The van der Waals surface area contributed by atoms with Crippen molar-refractivity contribution in [3.63, 3.8) is 0 Å². The van der Waals surface area contributed by atoms with Crippen LogP contribution in [0, 0.1) is 0 Å². The number of hydrogen-bond acceptors (Lipinski definition) is 3. The largest absolute Gasteiger partial charge is 0.311 e. The molecule has 0 radical (unpaired) electrons. The highest BCUT2D eigenvalue weighted by atomic mass is 15.2. The molecule has 2 aliphatic rings. The summed E-state index contributed by atoms with van der Waals surface area (Å²) in [6.45, 7) is 27.7. The van der Waals surface area contributed by atoms with Crippen LogP contribution in [0.2, 0.25) is 0 Å². The lowest BCUT2D eigenvalue weighted by molar-refractivity contribution is 0.590. The molecule has 0 N–H and O–H groups in total. The molecule has 74 heavy (non-hydrogen) atoms. The fourth-order valence-electron chi connectivity index (χ4n) is 12.2. The number of benzene rings is 7. The van der Waals surface area contributed by atoms with Gasteiger partial charge in [0, 0.05) is 74.6 Å². The standard InChI is InChI=1S/C68H64BN5/c1-65(2,3)45-14-19-49(20-15-45)72-58-23-13-43(41-25-29-70-30-26-41)34-55(58)69-56-35-44(42-27-31-71-32-28-42)33-54-53-36-46(66(4,5)6)18-24-57(53)74(64(54)56)62-40-50(39-61(72)63(62)69)73-59-37-47(67(7,8)9)16-21-51(59)52-22-17-48(38-60(52)73)68(10,11)12/h13-40H,1-12H3. The van der Waals surface area contributed by atoms with E-state index in [1.165, 1.54) is 110 Å². The third-order valence-corrected chi connectivity index (χ3v) is 16.3. The number of fused-ring (bicyclic) bond motifs is 10. The Kier molecular flexibility index (Phi) is 9.91. The van der Waals surface area contributed by atoms with E-state index in [0.29, 0.717) is 0 Å². The van der Waals surface area contributed by atoms with Crippen LogP contribution in [0.25, 0.3) is 77.2 Å². The Labute approximate surface area is 436 Å². The van der Waals surface area contributed by atoms with Gasteiger partial charge in [-0.05, 0) is 167 Å². The van der Waals surface area contributed by atoms with Crippen LogP contribution in [0.3, 0.4) is 0 Å². The molecular formula is C68H64BN5. The third-order valence-electron chi connectivity index (χ3n) is 16.3. The van der Waals surface area contributed by atoms with Crippen LogP contribution in [-0.2, 0) is 21.7 Å². The van der Waals surface area contributed by atoms with Crippen LogP contribution in [0.4, 0.5) is 17.1 Å². The molecule has 0 unspecified atom stereocenters. The van der Waals surface area contributed by atoms with Gasteiger partial charge in [-0.3, -0.25) is 9.97 Å². The molecule has 0 saturated carbocycles. The van der Waals surface area contributed by atoms with Crippen LogP contribution < -0.4 is 21.3 Å². The van der Waals surface area contributed by atoms with Gasteiger partial charge in [0.15, 0.2) is 0 Å². The predicted molar refractivity (Wildman–Crippen MR) is 316 cm³/mol. The van der Waals surface area contributed by atoms with Gasteiger partial charge in [-0.25, -0.2) is 0 Å². The monoisotopic (exact) mass is 962 g/mol. The summed E-state index contributed by atoms with van der Waals surface area (Å²) in [5, 5.41) is 5.06. The molecule has 0 aliphatic carbocycles. The lowest BCUT2D eigenvalue weighted by Crippen LogP contribution is -2.60. The van der Waals surface area contributed by atoms with Crippen LogP contribution >= 0.6 is 0 Å². The van der Waals surface area contributed by atoms with Crippen LogP contribution in [0.15, 0.2) is 170 Å². The van der Waals surface area contributed by atoms with Crippen molar-refractivity contribution < 1.29 is 0 Å². The quantitative estimate of drug-likeness (QED) is 0.165. The first kappa shape index (κ1) is 46.1. The smallest absolute Gasteiger partial charge is 0.252 e. The zero-order valence-electron chi connectivity index (χ0n) is 45.0. The summed E-state index contributed by atoms with van der Waals surface area (Å²) in [5.41, 5.74) is 24.5. The molecule has 0 spiro atoms. The minimum absolute atomic E-state index is 0.000244. The predicted octanol–water partition coefficient (Wildman–Crippen LogP) is 15.8. The lowest BCUT2D eigenvalue weighted by atomic mass is 9.33. The highest BCUT2D eigenvalue weighted by Gasteiger charge is 2.43. The highest BCUT2D eigenvalue weighted by molar-refractivity contribution is 7.00. The molecule has 0 atom stereocenters. The second kappa shape index (κ2) is 15.9. The molecule has 7 aromatic carbocycles. The van der Waals surface area contributed by atoms with Crippen molar-refractivity contribution in [1.82, 2.24) is 19.1 Å². The van der Waals surface area contributed by atoms with Gasteiger partial charge >= 0.3 is 0 Å². The van der Waals surface area contributed by atoms with Crippen molar-refractivity contribution in [3.8, 4) is 33.6 Å². The molecule has 364 valence electrons. The fourth-order valence-corrected chi connectivity index (χ4v) is 12.2. The van der Waals surface area contributed by atoms with Crippen molar-refractivity contribution in [2.45, 2.75) is 105 Å². The first-order chi connectivity index (χ1) is 35.2. The molecule has 0 bridgehead atoms. The minimum Gasteiger partial charge on any atom is -0.311 e. The van der Waals surface area contributed by atoms with E-state index in [-0.39, 0.29) is 28.4 Å². The Morgan fingerprint density at radius 2 is 0.851 bits per heavy atom. The molecule has 6 heteroatoms. The molecular weight excluding hydrogens is 898 g/mol. The number of aromatic nitrogens is 4. The van der Waals surface area contributed by atoms with Crippen molar-refractivity contribution in [1.29, 1.82) is 0 Å². The molecule has 0 saturated heterocycles. The summed E-state index contributed by atoms with van der Waals surface area (Å²) in [7, 11) is 0. The SMILES string of the molecule is CC(C)(C)c1ccc(N2c3ccc(-c4ccncc4)cc3B3c4c2cc(-n2c5cc(C(C)(C)C)ccc5c5ccc(C(C)(C)C)cc52)cc4-n2c4ccc(C(C)(C)C)cc4c4cc(-c5ccncc5)cc3c42)cc1. The van der Waals surface area contributed by atoms with Crippen molar-refractivity contribution in [3.05, 3.63) is 193 Å². The molecule has 4 aromatic heterocycles. The molecule has 11 aromatic rings. The Morgan fingerprint density at radius 1 is 0.338 bits per heavy atom. The van der Waals surface area contributed by atoms with Gasteiger partial charge in [-0.2, -0.15) is 0 Å². The van der Waals surface area contributed by atoms with E-state index in [0.717, 1.165) is 22.5 Å². The molecule has 6 heterocycles. The fraction of sp³-hybridized carbons (Fsp3) is 0.235.